The lowest BCUT2D eigenvalue weighted by Crippen LogP contribution is -2.46. The number of oxazole rings is 1. The van der Waals surface area contributed by atoms with E-state index in [0.29, 0.717) is 24.4 Å². The summed E-state index contributed by atoms with van der Waals surface area (Å²) in [5.74, 6) is 2.38. The van der Waals surface area contributed by atoms with Gasteiger partial charge in [0.05, 0.1) is 18.3 Å². The minimum Gasteiger partial charge on any atom is -0.441 e. The molecule has 0 aliphatic carbocycles. The minimum atomic E-state index is 0.230. The number of pyridine rings is 1. The summed E-state index contributed by atoms with van der Waals surface area (Å²) < 4.78 is 5.64. The van der Waals surface area contributed by atoms with Gasteiger partial charge in [-0.05, 0) is 49.1 Å². The predicted molar refractivity (Wildman–Crippen MR) is 108 cm³/mol. The Labute approximate surface area is 164 Å². The number of carbonyl (C=O) groups is 1. The van der Waals surface area contributed by atoms with Crippen molar-refractivity contribution in [1.29, 1.82) is 0 Å². The Balaban J connectivity index is 1.39. The molecule has 28 heavy (non-hydrogen) atoms. The van der Waals surface area contributed by atoms with E-state index in [-0.39, 0.29) is 5.91 Å². The summed E-state index contributed by atoms with van der Waals surface area (Å²) in [4.78, 5) is 23.9. The Morgan fingerprint density at radius 3 is 2.61 bits per heavy atom. The number of rotatable bonds is 3. The average Bonchev–Trinajstić information content (AvgIpc) is 3.22. The predicted octanol–water partition coefficient (Wildman–Crippen LogP) is 4.53. The highest BCUT2D eigenvalue weighted by molar-refractivity contribution is 5.87. The average molecular weight is 375 g/mol. The van der Waals surface area contributed by atoms with Crippen LogP contribution in [0.2, 0.25) is 0 Å². The molecule has 144 valence electrons. The van der Waals surface area contributed by atoms with E-state index in [9.17, 15) is 4.79 Å². The highest BCUT2D eigenvalue weighted by atomic mass is 16.4. The monoisotopic (exact) mass is 375 g/mol. The maximum absolute atomic E-state index is 13.0. The van der Waals surface area contributed by atoms with Crippen LogP contribution in [0.5, 0.6) is 0 Å². The first kappa shape index (κ1) is 17.4. The minimum absolute atomic E-state index is 0.230. The Hall–Kier alpha value is -2.69. The molecule has 0 radical (unpaired) electrons. The normalized spacial score (nSPS) is 24.1. The van der Waals surface area contributed by atoms with Gasteiger partial charge >= 0.3 is 0 Å². The summed E-state index contributed by atoms with van der Waals surface area (Å²) in [6.07, 6.45) is 8.59. The van der Waals surface area contributed by atoms with Crippen molar-refractivity contribution >= 4 is 16.7 Å². The number of hydrogen-bond acceptors (Lipinski definition) is 4. The van der Waals surface area contributed by atoms with Crippen molar-refractivity contribution in [3.63, 3.8) is 0 Å². The number of hydrogen-bond donors (Lipinski definition) is 0. The number of fused-ring (bicyclic) bond motifs is 3. The molecule has 2 aliphatic rings. The molecule has 2 saturated heterocycles. The summed E-state index contributed by atoms with van der Waals surface area (Å²) in [5, 5.41) is 2.13. The van der Waals surface area contributed by atoms with Crippen LogP contribution in [0, 0.1) is 12.8 Å². The molecule has 0 spiro atoms. The van der Waals surface area contributed by atoms with Crippen LogP contribution in [-0.2, 0) is 11.2 Å². The molecule has 5 nitrogen and oxygen atoms in total. The van der Waals surface area contributed by atoms with Gasteiger partial charge in [-0.2, -0.15) is 0 Å². The lowest BCUT2D eigenvalue weighted by Gasteiger charge is -2.38. The van der Waals surface area contributed by atoms with Gasteiger partial charge in [0.1, 0.15) is 0 Å². The van der Waals surface area contributed by atoms with E-state index in [0.717, 1.165) is 59.4 Å². The first-order valence-electron chi connectivity index (χ1n) is 10.2. The third-order valence-corrected chi connectivity index (χ3v) is 6.27. The zero-order valence-electron chi connectivity index (χ0n) is 16.4. The molecule has 1 amide bonds. The molecule has 1 aromatic carbocycles. The van der Waals surface area contributed by atoms with Crippen molar-refractivity contribution in [1.82, 2.24) is 14.9 Å². The molecule has 3 atom stereocenters. The van der Waals surface area contributed by atoms with Crippen molar-refractivity contribution < 1.29 is 9.21 Å². The first-order valence-corrected chi connectivity index (χ1v) is 10.2. The van der Waals surface area contributed by atoms with E-state index in [2.05, 4.69) is 27.9 Å². The number of aryl methyl sites for hydroxylation is 1. The number of piperidine rings is 1. The van der Waals surface area contributed by atoms with Gasteiger partial charge in [0.15, 0.2) is 11.7 Å². The molecule has 1 unspecified atom stereocenters. The topological polar surface area (TPSA) is 59.2 Å². The van der Waals surface area contributed by atoms with Crippen molar-refractivity contribution in [2.45, 2.75) is 58.0 Å². The lowest BCUT2D eigenvalue weighted by molar-refractivity contribution is -0.135. The van der Waals surface area contributed by atoms with Crippen LogP contribution in [0.1, 0.15) is 44.2 Å². The van der Waals surface area contributed by atoms with Crippen LogP contribution in [0.4, 0.5) is 0 Å². The molecule has 2 fully saturated rings. The quantitative estimate of drug-likeness (QED) is 0.675. The Morgan fingerprint density at radius 1 is 1.11 bits per heavy atom. The summed E-state index contributed by atoms with van der Waals surface area (Å²) in [6.45, 7) is 4.15. The van der Waals surface area contributed by atoms with E-state index in [1.54, 1.807) is 6.20 Å². The van der Waals surface area contributed by atoms with E-state index in [1.165, 1.54) is 0 Å². The molecular formula is C23H25N3O2. The lowest BCUT2D eigenvalue weighted by atomic mass is 9.92. The molecule has 5 rings (SSSR count). The van der Waals surface area contributed by atoms with Gasteiger partial charge in [-0.3, -0.25) is 9.78 Å². The maximum Gasteiger partial charge on any atom is 0.229 e. The molecular weight excluding hydrogens is 350 g/mol. The number of amides is 1. The summed E-state index contributed by atoms with van der Waals surface area (Å²) >= 11 is 0. The number of carbonyl (C=O) groups excluding carboxylic acids is 1. The second-order valence-electron chi connectivity index (χ2n) is 8.42. The van der Waals surface area contributed by atoms with Crippen LogP contribution < -0.4 is 0 Å². The first-order chi connectivity index (χ1) is 13.6. The molecule has 5 heteroatoms. The van der Waals surface area contributed by atoms with Gasteiger partial charge in [0, 0.05) is 36.2 Å². The number of nitrogens with zero attached hydrogens (tertiary/aromatic N) is 3. The van der Waals surface area contributed by atoms with Crippen LogP contribution in [0.25, 0.3) is 22.1 Å². The molecule has 3 aromatic rings. The van der Waals surface area contributed by atoms with Crippen molar-refractivity contribution in [3.05, 3.63) is 48.2 Å². The third-order valence-electron chi connectivity index (χ3n) is 6.27. The Morgan fingerprint density at radius 2 is 1.89 bits per heavy atom. The van der Waals surface area contributed by atoms with Gasteiger partial charge in [-0.25, -0.2) is 4.98 Å². The summed E-state index contributed by atoms with van der Waals surface area (Å²) in [7, 11) is 0. The van der Waals surface area contributed by atoms with Crippen LogP contribution in [0.3, 0.4) is 0 Å². The molecule has 2 bridgehead atoms. The smallest absolute Gasteiger partial charge is 0.229 e. The van der Waals surface area contributed by atoms with Crippen molar-refractivity contribution in [3.8, 4) is 11.3 Å². The Kier molecular flexibility index (Phi) is 4.18. The van der Waals surface area contributed by atoms with E-state index < -0.39 is 0 Å². The molecule has 2 aromatic heterocycles. The van der Waals surface area contributed by atoms with Gasteiger partial charge in [0.25, 0.3) is 0 Å². The largest absolute Gasteiger partial charge is 0.441 e. The highest BCUT2D eigenvalue weighted by Crippen LogP contribution is 2.38. The maximum atomic E-state index is 13.0. The molecule has 0 N–H and O–H groups in total. The third kappa shape index (κ3) is 3.09. The van der Waals surface area contributed by atoms with Crippen LogP contribution >= 0.6 is 0 Å². The van der Waals surface area contributed by atoms with Crippen LogP contribution in [-0.4, -0.2) is 32.9 Å². The number of benzene rings is 1. The van der Waals surface area contributed by atoms with E-state index >= 15 is 0 Å². The number of aromatic nitrogens is 2. The fourth-order valence-corrected chi connectivity index (χ4v) is 5.03. The zero-order chi connectivity index (χ0) is 19.3. The van der Waals surface area contributed by atoms with Crippen LogP contribution in [0.15, 0.2) is 41.1 Å². The molecule has 4 heterocycles. The fourth-order valence-electron chi connectivity index (χ4n) is 5.03. The van der Waals surface area contributed by atoms with Gasteiger partial charge < -0.3 is 9.32 Å². The second kappa shape index (κ2) is 6.73. The second-order valence-corrected chi connectivity index (χ2v) is 8.42. The van der Waals surface area contributed by atoms with E-state index in [4.69, 9.17) is 4.42 Å². The Bertz CT molecular complexity index is 1030. The fraction of sp³-hybridized carbons (Fsp3) is 0.435. The highest BCUT2D eigenvalue weighted by Gasteiger charge is 2.41. The zero-order valence-corrected chi connectivity index (χ0v) is 16.4. The van der Waals surface area contributed by atoms with Crippen molar-refractivity contribution in [2.24, 2.45) is 5.92 Å². The molecule has 0 saturated carbocycles. The SMILES string of the molecule is Cc1ncc(-c2ccc3cnc(CC(=O)N4[C@@H]5CC[C@H]4CC(C)C5)cc3c2)o1. The standard InChI is InChI=1S/C23H25N3O2/c1-14-7-20-5-6-21(8-14)26(20)23(27)11-19-10-18-9-16(3-4-17(18)12-25-19)22-13-24-15(2)28-22/h3-4,9-10,12-14,20-21H,5-8,11H2,1-2H3/t14?,20-,21+. The molecule has 2 aliphatic heterocycles. The van der Waals surface area contributed by atoms with Gasteiger partial charge in [0.2, 0.25) is 5.91 Å². The summed E-state index contributed by atoms with van der Waals surface area (Å²) in [5.41, 5.74) is 1.82. The van der Waals surface area contributed by atoms with Gasteiger partial charge in [-0.15, -0.1) is 0 Å². The van der Waals surface area contributed by atoms with E-state index in [1.807, 2.05) is 31.3 Å². The van der Waals surface area contributed by atoms with Gasteiger partial charge in [-0.1, -0.05) is 19.1 Å². The summed E-state index contributed by atoms with van der Waals surface area (Å²) in [6, 6.07) is 9.03. The van der Waals surface area contributed by atoms with Crippen molar-refractivity contribution in [2.75, 3.05) is 0 Å².